The highest BCUT2D eigenvalue weighted by Crippen LogP contribution is 2.42. The molecule has 3 rings (SSSR count). The molecule has 18 heavy (non-hydrogen) atoms. The van der Waals surface area contributed by atoms with E-state index in [4.69, 9.17) is 15.2 Å². The molecule has 0 saturated carbocycles. The van der Waals surface area contributed by atoms with Crippen LogP contribution in [-0.2, 0) is 4.74 Å². The Hall–Kier alpha value is -2.61. The lowest BCUT2D eigenvalue weighted by molar-refractivity contribution is 0.175. The second-order valence-corrected chi connectivity index (χ2v) is 4.17. The van der Waals surface area contributed by atoms with Crippen molar-refractivity contribution in [1.29, 1.82) is 5.26 Å². The van der Waals surface area contributed by atoms with E-state index in [2.05, 4.69) is 5.32 Å². The molecular weight excluding hydrogens is 230 g/mol. The van der Waals surface area contributed by atoms with Crippen molar-refractivity contribution in [3.8, 4) is 11.8 Å². The van der Waals surface area contributed by atoms with E-state index in [9.17, 15) is 5.26 Å². The number of anilines is 1. The van der Waals surface area contributed by atoms with Gasteiger partial charge in [-0.25, -0.2) is 0 Å². The van der Waals surface area contributed by atoms with E-state index in [0.29, 0.717) is 11.5 Å². The monoisotopic (exact) mass is 241 g/mol. The summed E-state index contributed by atoms with van der Waals surface area (Å²) < 4.78 is 11.1. The summed E-state index contributed by atoms with van der Waals surface area (Å²) in [4.78, 5) is 0. The van der Waals surface area contributed by atoms with Crippen LogP contribution < -0.4 is 15.8 Å². The van der Waals surface area contributed by atoms with E-state index in [-0.39, 0.29) is 11.5 Å². The second kappa shape index (κ2) is 3.44. The summed E-state index contributed by atoms with van der Waals surface area (Å²) in [7, 11) is 0. The van der Waals surface area contributed by atoms with Crippen LogP contribution in [0.3, 0.4) is 0 Å². The number of nitriles is 1. The molecule has 0 saturated heterocycles. The molecule has 1 aromatic rings. The van der Waals surface area contributed by atoms with Gasteiger partial charge in [-0.2, -0.15) is 5.26 Å². The normalized spacial score (nSPS) is 24.6. The van der Waals surface area contributed by atoms with Crippen molar-refractivity contribution in [2.75, 3.05) is 5.32 Å². The summed E-state index contributed by atoms with van der Waals surface area (Å²) in [6.45, 7) is 1.76. The molecule has 1 spiro atoms. The Bertz CT molecular complexity index is 600. The summed E-state index contributed by atoms with van der Waals surface area (Å²) in [6.07, 6.45) is 1.71. The van der Waals surface area contributed by atoms with Crippen LogP contribution in [0.4, 0.5) is 5.69 Å². The molecule has 5 nitrogen and oxygen atoms in total. The zero-order chi connectivity index (χ0) is 12.8. The van der Waals surface area contributed by atoms with E-state index in [1.165, 1.54) is 0 Å². The fourth-order valence-electron chi connectivity index (χ4n) is 2.17. The Labute approximate surface area is 104 Å². The first-order chi connectivity index (χ1) is 8.64. The number of ether oxygens (including phenoxy) is 2. The molecule has 0 aromatic heterocycles. The van der Waals surface area contributed by atoms with Crippen molar-refractivity contribution < 1.29 is 9.47 Å². The number of para-hydroxylation sites is 2. The zero-order valence-electron chi connectivity index (χ0n) is 9.73. The van der Waals surface area contributed by atoms with Crippen LogP contribution in [0.5, 0.6) is 5.75 Å². The Morgan fingerprint density at radius 2 is 2.17 bits per heavy atom. The third-order valence-corrected chi connectivity index (χ3v) is 2.89. The van der Waals surface area contributed by atoms with Crippen LogP contribution in [0.15, 0.2) is 47.6 Å². The van der Waals surface area contributed by atoms with Gasteiger partial charge >= 0.3 is 0 Å². The third kappa shape index (κ3) is 1.32. The highest BCUT2D eigenvalue weighted by molar-refractivity contribution is 5.67. The molecule has 0 fully saturated rings. The van der Waals surface area contributed by atoms with Crippen molar-refractivity contribution in [2.24, 2.45) is 5.73 Å². The molecule has 0 bridgehead atoms. The van der Waals surface area contributed by atoms with Crippen LogP contribution in [0.25, 0.3) is 0 Å². The number of hydrogen-bond acceptors (Lipinski definition) is 5. The molecule has 2 aliphatic heterocycles. The molecule has 0 unspecified atom stereocenters. The maximum atomic E-state index is 9.24. The van der Waals surface area contributed by atoms with Gasteiger partial charge < -0.3 is 20.5 Å². The van der Waals surface area contributed by atoms with Crippen molar-refractivity contribution in [3.05, 3.63) is 47.6 Å². The van der Waals surface area contributed by atoms with Gasteiger partial charge in [0.2, 0.25) is 11.6 Å². The van der Waals surface area contributed by atoms with E-state index >= 15 is 0 Å². The fraction of sp³-hybridized carbons (Fsp3) is 0.154. The molecule has 3 N–H and O–H groups in total. The number of nitrogens with two attached hydrogens (primary N) is 1. The number of benzene rings is 1. The molecule has 0 aliphatic carbocycles. The Morgan fingerprint density at radius 1 is 1.39 bits per heavy atom. The lowest BCUT2D eigenvalue weighted by Crippen LogP contribution is -2.44. The zero-order valence-corrected chi connectivity index (χ0v) is 9.73. The molecular formula is C13H11N3O2. The molecule has 1 atom stereocenters. The fourth-order valence-corrected chi connectivity index (χ4v) is 2.17. The van der Waals surface area contributed by atoms with Gasteiger partial charge in [0, 0.05) is 6.08 Å². The van der Waals surface area contributed by atoms with Gasteiger partial charge in [0.25, 0.3) is 0 Å². The van der Waals surface area contributed by atoms with Gasteiger partial charge in [-0.05, 0) is 19.1 Å². The van der Waals surface area contributed by atoms with Crippen molar-refractivity contribution in [2.45, 2.75) is 12.6 Å². The maximum absolute atomic E-state index is 9.24. The number of fused-ring (bicyclic) bond motifs is 1. The van der Waals surface area contributed by atoms with Gasteiger partial charge in [0.1, 0.15) is 17.6 Å². The first-order valence-corrected chi connectivity index (χ1v) is 5.48. The Morgan fingerprint density at radius 3 is 2.89 bits per heavy atom. The average molecular weight is 241 g/mol. The predicted octanol–water partition coefficient (Wildman–Crippen LogP) is 1.82. The number of nitrogens with one attached hydrogen (secondary N) is 1. The van der Waals surface area contributed by atoms with Crippen LogP contribution >= 0.6 is 0 Å². The van der Waals surface area contributed by atoms with Crippen molar-refractivity contribution in [3.63, 3.8) is 0 Å². The summed E-state index contributed by atoms with van der Waals surface area (Å²) in [6, 6.07) is 9.52. The number of allylic oxidation sites excluding steroid dienone is 1. The molecule has 1 aromatic carbocycles. The second-order valence-electron chi connectivity index (χ2n) is 4.17. The molecule has 0 radical (unpaired) electrons. The number of nitrogens with zero attached hydrogens (tertiary/aromatic N) is 1. The van der Waals surface area contributed by atoms with Crippen molar-refractivity contribution >= 4 is 5.69 Å². The van der Waals surface area contributed by atoms with Crippen LogP contribution in [-0.4, -0.2) is 5.72 Å². The highest BCUT2D eigenvalue weighted by atomic mass is 16.5. The molecule has 5 heteroatoms. The average Bonchev–Trinajstić information content (AvgIpc) is 2.66. The predicted molar refractivity (Wildman–Crippen MR) is 65.1 cm³/mol. The van der Waals surface area contributed by atoms with Crippen molar-refractivity contribution in [1.82, 2.24) is 0 Å². The van der Waals surface area contributed by atoms with Crippen LogP contribution in [0.2, 0.25) is 0 Å². The SMILES string of the molecule is CC1=C[C@]2(Nc3ccccc3O2)C(C#N)=C(N)O1. The van der Waals surface area contributed by atoms with Crippen LogP contribution in [0.1, 0.15) is 6.92 Å². The summed E-state index contributed by atoms with van der Waals surface area (Å²) in [5, 5.41) is 12.4. The molecule has 2 heterocycles. The van der Waals surface area contributed by atoms with Gasteiger partial charge in [-0.15, -0.1) is 0 Å². The van der Waals surface area contributed by atoms with E-state index in [0.717, 1.165) is 5.69 Å². The summed E-state index contributed by atoms with van der Waals surface area (Å²) in [5.41, 5.74) is 5.74. The highest BCUT2D eigenvalue weighted by Gasteiger charge is 2.45. The lowest BCUT2D eigenvalue weighted by atomic mass is 10.0. The third-order valence-electron chi connectivity index (χ3n) is 2.89. The van der Waals surface area contributed by atoms with E-state index in [1.54, 1.807) is 13.0 Å². The minimum absolute atomic E-state index is 0.0674. The van der Waals surface area contributed by atoms with Gasteiger partial charge in [0.15, 0.2) is 5.57 Å². The lowest BCUT2D eigenvalue weighted by Gasteiger charge is -2.30. The summed E-state index contributed by atoms with van der Waals surface area (Å²) >= 11 is 0. The Kier molecular flexibility index (Phi) is 2.01. The van der Waals surface area contributed by atoms with Gasteiger partial charge in [-0.3, -0.25) is 0 Å². The summed E-state index contributed by atoms with van der Waals surface area (Å²) in [5.74, 6) is 1.34. The molecule has 2 aliphatic rings. The van der Waals surface area contributed by atoms with Gasteiger partial charge in [-0.1, -0.05) is 12.1 Å². The minimum Gasteiger partial charge on any atom is -0.457 e. The number of rotatable bonds is 0. The topological polar surface area (TPSA) is 80.3 Å². The maximum Gasteiger partial charge on any atom is 0.245 e. The van der Waals surface area contributed by atoms with E-state index in [1.807, 2.05) is 30.3 Å². The standard InChI is InChI=1S/C13H11N3O2/c1-8-6-13(9(7-14)12(15)17-8)16-10-4-2-3-5-11(10)18-13/h2-6,16H,15H2,1H3/t13-/m1/s1. The van der Waals surface area contributed by atoms with Crippen LogP contribution in [0, 0.1) is 11.3 Å². The first-order valence-electron chi connectivity index (χ1n) is 5.48. The largest absolute Gasteiger partial charge is 0.457 e. The van der Waals surface area contributed by atoms with E-state index < -0.39 is 5.72 Å². The molecule has 0 amide bonds. The quantitative estimate of drug-likeness (QED) is 0.724. The minimum atomic E-state index is -1.05. The smallest absolute Gasteiger partial charge is 0.245 e. The number of hydrogen-bond donors (Lipinski definition) is 2. The first kappa shape index (κ1) is 10.5. The Balaban J connectivity index is 2.12. The van der Waals surface area contributed by atoms with Gasteiger partial charge in [0.05, 0.1) is 5.69 Å². The molecule has 90 valence electrons.